The fraction of sp³-hybridized carbons (Fsp3) is 0.348. The van der Waals surface area contributed by atoms with E-state index in [0.29, 0.717) is 13.0 Å². The fourth-order valence-corrected chi connectivity index (χ4v) is 4.70. The summed E-state index contributed by atoms with van der Waals surface area (Å²) in [4.78, 5) is 18.3. The van der Waals surface area contributed by atoms with Crippen LogP contribution in [0, 0.1) is 5.82 Å². The molecule has 3 atom stereocenters. The van der Waals surface area contributed by atoms with E-state index in [-0.39, 0.29) is 23.6 Å². The van der Waals surface area contributed by atoms with E-state index in [1.165, 1.54) is 6.07 Å². The molecule has 4 N–H and O–H groups in total. The predicted molar refractivity (Wildman–Crippen MR) is 115 cm³/mol. The molecule has 2 aromatic heterocycles. The van der Waals surface area contributed by atoms with Crippen molar-refractivity contribution in [3.63, 3.8) is 0 Å². The van der Waals surface area contributed by atoms with Gasteiger partial charge in [-0.2, -0.15) is 0 Å². The topological polar surface area (TPSA) is 85.8 Å². The van der Waals surface area contributed by atoms with Gasteiger partial charge in [0.15, 0.2) is 0 Å². The van der Waals surface area contributed by atoms with E-state index in [2.05, 4.69) is 22.2 Å². The van der Waals surface area contributed by atoms with Gasteiger partial charge in [-0.3, -0.25) is 4.57 Å². The van der Waals surface area contributed by atoms with Crippen LogP contribution < -0.4 is 11.0 Å². The van der Waals surface area contributed by atoms with Gasteiger partial charge < -0.3 is 20.4 Å². The van der Waals surface area contributed by atoms with Crippen molar-refractivity contribution in [3.8, 4) is 0 Å². The van der Waals surface area contributed by atoms with Crippen molar-refractivity contribution in [2.45, 2.75) is 50.9 Å². The lowest BCUT2D eigenvalue weighted by atomic mass is 9.98. The summed E-state index contributed by atoms with van der Waals surface area (Å²) in [5.74, 6) is -0.232. The predicted octanol–water partition coefficient (Wildman–Crippen LogP) is 3.37. The van der Waals surface area contributed by atoms with Gasteiger partial charge in [-0.05, 0) is 56.0 Å². The van der Waals surface area contributed by atoms with Gasteiger partial charge in [0, 0.05) is 41.3 Å². The van der Waals surface area contributed by atoms with Crippen LogP contribution in [0.3, 0.4) is 0 Å². The number of H-pyrrole nitrogens is 2. The maximum atomic E-state index is 13.6. The number of halogens is 1. The van der Waals surface area contributed by atoms with Crippen LogP contribution >= 0.6 is 0 Å². The molecule has 0 bridgehead atoms. The zero-order valence-electron chi connectivity index (χ0n) is 16.8. The summed E-state index contributed by atoms with van der Waals surface area (Å²) in [6.45, 7) is 2.65. The van der Waals surface area contributed by atoms with Gasteiger partial charge in [0.05, 0.1) is 17.1 Å². The number of benzene rings is 2. The van der Waals surface area contributed by atoms with Gasteiger partial charge >= 0.3 is 5.69 Å². The van der Waals surface area contributed by atoms with Crippen molar-refractivity contribution >= 4 is 21.9 Å². The SMILES string of the molecule is C[C@@H](CCc1c[nH]c2ccc(F)cc12)N[C@@H]1CCn2c(=O)[nH]c3cccc(c32)[C@H]1O. The highest BCUT2D eigenvalue weighted by Gasteiger charge is 2.29. The molecule has 0 amide bonds. The average Bonchev–Trinajstić information content (AvgIpc) is 3.24. The zero-order valence-corrected chi connectivity index (χ0v) is 16.8. The van der Waals surface area contributed by atoms with Crippen LogP contribution in [0.2, 0.25) is 0 Å². The minimum Gasteiger partial charge on any atom is -0.387 e. The molecule has 4 aromatic rings. The van der Waals surface area contributed by atoms with Crippen molar-refractivity contribution in [2.75, 3.05) is 0 Å². The van der Waals surface area contributed by atoms with Crippen molar-refractivity contribution in [2.24, 2.45) is 0 Å². The van der Waals surface area contributed by atoms with Crippen LogP contribution in [0.5, 0.6) is 0 Å². The van der Waals surface area contributed by atoms with E-state index in [4.69, 9.17) is 0 Å². The molecular formula is C23H25FN4O2. The quantitative estimate of drug-likeness (QED) is 0.408. The van der Waals surface area contributed by atoms with E-state index in [9.17, 15) is 14.3 Å². The number of para-hydroxylation sites is 1. The van der Waals surface area contributed by atoms with Crippen molar-refractivity contribution in [1.82, 2.24) is 19.9 Å². The highest BCUT2D eigenvalue weighted by Crippen LogP contribution is 2.30. The molecule has 6 nitrogen and oxygen atoms in total. The number of rotatable bonds is 5. The molecule has 5 rings (SSSR count). The number of hydrogen-bond acceptors (Lipinski definition) is 3. The average molecular weight is 408 g/mol. The smallest absolute Gasteiger partial charge is 0.326 e. The highest BCUT2D eigenvalue weighted by atomic mass is 19.1. The Morgan fingerprint density at radius 2 is 2.17 bits per heavy atom. The largest absolute Gasteiger partial charge is 0.387 e. The standard InChI is InChI=1S/C23H25FN4O2/c1-13(5-6-14-12-25-18-8-7-15(24)11-17(14)18)26-20-9-10-28-21-16(22(20)29)3-2-4-19(21)27-23(28)30/h2-4,7-8,11-13,20,22,25-26,29H,5-6,9-10H2,1H3,(H,27,30)/t13-,20+,22+/m0/s1. The second kappa shape index (κ2) is 7.41. The Balaban J connectivity index is 1.31. The first-order chi connectivity index (χ1) is 14.5. The third-order valence-electron chi connectivity index (χ3n) is 6.26. The number of aliphatic hydroxyl groups is 1. The van der Waals surface area contributed by atoms with Gasteiger partial charge in [-0.1, -0.05) is 12.1 Å². The summed E-state index contributed by atoms with van der Waals surface area (Å²) in [5, 5.41) is 15.5. The van der Waals surface area contributed by atoms with Crippen molar-refractivity contribution in [3.05, 3.63) is 70.0 Å². The number of imidazole rings is 1. The normalized spacial score (nSPS) is 20.0. The molecule has 0 saturated carbocycles. The molecule has 3 heterocycles. The first-order valence-corrected chi connectivity index (χ1v) is 10.4. The van der Waals surface area contributed by atoms with Gasteiger partial charge in [-0.25, -0.2) is 9.18 Å². The fourth-order valence-electron chi connectivity index (χ4n) is 4.70. The van der Waals surface area contributed by atoms with Gasteiger partial charge in [-0.15, -0.1) is 0 Å². The Morgan fingerprint density at radius 1 is 1.30 bits per heavy atom. The van der Waals surface area contributed by atoms with Gasteiger partial charge in [0.25, 0.3) is 0 Å². The van der Waals surface area contributed by atoms with Crippen LogP contribution in [-0.2, 0) is 13.0 Å². The summed E-state index contributed by atoms with van der Waals surface area (Å²) in [6.07, 6.45) is 3.56. The number of hydrogen-bond donors (Lipinski definition) is 4. The molecule has 0 saturated heterocycles. The lowest BCUT2D eigenvalue weighted by Gasteiger charge is -2.26. The third-order valence-corrected chi connectivity index (χ3v) is 6.26. The van der Waals surface area contributed by atoms with E-state index >= 15 is 0 Å². The molecule has 0 fully saturated rings. The lowest BCUT2D eigenvalue weighted by molar-refractivity contribution is 0.119. The Morgan fingerprint density at radius 3 is 3.03 bits per heavy atom. The van der Waals surface area contributed by atoms with Crippen molar-refractivity contribution in [1.29, 1.82) is 0 Å². The maximum absolute atomic E-state index is 13.6. The van der Waals surface area contributed by atoms with Crippen LogP contribution in [0.15, 0.2) is 47.4 Å². The number of aryl methyl sites for hydroxylation is 2. The Labute approximate surface area is 172 Å². The van der Waals surface area contributed by atoms with E-state index < -0.39 is 6.10 Å². The van der Waals surface area contributed by atoms with Crippen LogP contribution in [-0.4, -0.2) is 31.7 Å². The maximum Gasteiger partial charge on any atom is 0.326 e. The molecule has 2 aromatic carbocycles. The van der Waals surface area contributed by atoms with Crippen molar-refractivity contribution < 1.29 is 9.50 Å². The Bertz CT molecular complexity index is 1270. The summed E-state index contributed by atoms with van der Waals surface area (Å²) in [7, 11) is 0. The monoisotopic (exact) mass is 408 g/mol. The molecule has 30 heavy (non-hydrogen) atoms. The second-order valence-corrected chi connectivity index (χ2v) is 8.28. The van der Waals surface area contributed by atoms with Gasteiger partial charge in [0.2, 0.25) is 0 Å². The van der Waals surface area contributed by atoms with E-state index in [1.807, 2.05) is 24.4 Å². The lowest BCUT2D eigenvalue weighted by Crippen LogP contribution is -2.41. The molecule has 7 heteroatoms. The molecule has 0 aliphatic carbocycles. The minimum atomic E-state index is -0.692. The minimum absolute atomic E-state index is 0.134. The molecule has 0 radical (unpaired) electrons. The summed E-state index contributed by atoms with van der Waals surface area (Å²) in [6, 6.07) is 10.4. The van der Waals surface area contributed by atoms with Crippen LogP contribution in [0.4, 0.5) is 4.39 Å². The summed E-state index contributed by atoms with van der Waals surface area (Å²) < 4.78 is 15.3. The number of nitrogens with zero attached hydrogens (tertiary/aromatic N) is 1. The number of nitrogens with one attached hydrogen (secondary N) is 3. The number of aromatic amines is 2. The van der Waals surface area contributed by atoms with Crippen LogP contribution in [0.1, 0.15) is 37.0 Å². The molecule has 1 aliphatic heterocycles. The first kappa shape index (κ1) is 19.1. The Kier molecular flexibility index (Phi) is 4.72. The summed E-state index contributed by atoms with van der Waals surface area (Å²) in [5.41, 5.74) is 4.23. The van der Waals surface area contributed by atoms with Crippen LogP contribution in [0.25, 0.3) is 21.9 Å². The van der Waals surface area contributed by atoms with E-state index in [1.54, 1.807) is 16.7 Å². The first-order valence-electron chi connectivity index (χ1n) is 10.4. The molecule has 1 aliphatic rings. The highest BCUT2D eigenvalue weighted by molar-refractivity contribution is 5.83. The Hall–Kier alpha value is -2.90. The number of aromatic nitrogens is 3. The zero-order chi connectivity index (χ0) is 20.8. The van der Waals surface area contributed by atoms with E-state index in [0.717, 1.165) is 45.9 Å². The third kappa shape index (κ3) is 3.24. The van der Waals surface area contributed by atoms with Gasteiger partial charge in [0.1, 0.15) is 5.82 Å². The molecule has 0 spiro atoms. The summed E-state index contributed by atoms with van der Waals surface area (Å²) >= 11 is 0. The number of aliphatic hydroxyl groups excluding tert-OH is 1. The number of fused-ring (bicyclic) bond motifs is 1. The molecule has 0 unspecified atom stereocenters. The molecule has 156 valence electrons. The molecular weight excluding hydrogens is 383 g/mol. The second-order valence-electron chi connectivity index (χ2n) is 8.28.